The summed E-state index contributed by atoms with van der Waals surface area (Å²) in [6, 6.07) is 6.22. The molecule has 1 saturated heterocycles. The van der Waals surface area contributed by atoms with Crippen molar-refractivity contribution in [1.82, 2.24) is 24.8 Å². The number of halogens is 3. The first-order chi connectivity index (χ1) is 20.8. The lowest BCUT2D eigenvalue weighted by Gasteiger charge is -2.45. The first kappa shape index (κ1) is 31.8. The molecule has 1 aliphatic rings. The molecule has 1 aliphatic heterocycles. The van der Waals surface area contributed by atoms with E-state index in [0.29, 0.717) is 5.56 Å². The van der Waals surface area contributed by atoms with Gasteiger partial charge in [-0.3, -0.25) is 28.5 Å². The number of esters is 3. The number of hydrogen-bond donors (Lipinski definition) is 2. The minimum atomic E-state index is -5.38. The maximum atomic E-state index is 13.4. The predicted molar refractivity (Wildman–Crippen MR) is 139 cm³/mol. The zero-order chi connectivity index (χ0) is 32.2. The van der Waals surface area contributed by atoms with E-state index in [-0.39, 0.29) is 17.0 Å². The summed E-state index contributed by atoms with van der Waals surface area (Å²) >= 11 is 0. The molecule has 2 aromatic heterocycles. The number of ether oxygens (including phenoxy) is 4. The molecule has 15 nitrogen and oxygen atoms in total. The smallest absolute Gasteiger partial charge is 0.463 e. The largest absolute Gasteiger partial charge is 0.471 e. The van der Waals surface area contributed by atoms with Crippen LogP contribution in [0.15, 0.2) is 43.0 Å². The third-order valence-corrected chi connectivity index (χ3v) is 6.18. The zero-order valence-electron chi connectivity index (χ0n) is 23.2. The monoisotopic (exact) mass is 622 g/mol. The molecule has 44 heavy (non-hydrogen) atoms. The van der Waals surface area contributed by atoms with Crippen LogP contribution >= 0.6 is 0 Å². The first-order valence-corrected chi connectivity index (χ1v) is 12.8. The van der Waals surface area contributed by atoms with E-state index in [1.165, 1.54) is 0 Å². The second-order valence-corrected chi connectivity index (χ2v) is 9.38. The van der Waals surface area contributed by atoms with Crippen LogP contribution in [0.25, 0.3) is 11.2 Å². The SMILES string of the molecule is CC(=O)OC[C@H]1O[C@@H](n2cnc3c(NC(=O)c4ccccc4)ncnc32)[C@@H](NC(=O)C(F)(F)F)[C@@H](OC(C)=O)[C@@H]1OC(C)=O. The molecule has 0 bridgehead atoms. The van der Waals surface area contributed by atoms with Crippen molar-refractivity contribution in [3.8, 4) is 0 Å². The molecule has 18 heteroatoms. The van der Waals surface area contributed by atoms with Gasteiger partial charge in [0.1, 0.15) is 25.1 Å². The van der Waals surface area contributed by atoms with Crippen molar-refractivity contribution in [3.05, 3.63) is 48.5 Å². The van der Waals surface area contributed by atoms with Gasteiger partial charge in [-0.05, 0) is 12.1 Å². The standard InChI is InChI=1S/C26H25F3N6O9/c1-12(36)41-9-16-19(42-13(2)37)20(43-14(3)38)17(33-25(40)26(27,28)29)24(44-16)35-11-32-18-21(30-10-31-22(18)35)34-23(39)15-7-5-4-6-8-15/h4-8,10-11,16-17,19-20,24H,9H2,1-3H3,(H,33,40)(H,30,31,34,39)/t16-,17+,19-,20-,24-/m1/s1. The van der Waals surface area contributed by atoms with Crippen LogP contribution in [-0.4, -0.2) is 86.4 Å². The molecule has 3 heterocycles. The van der Waals surface area contributed by atoms with Gasteiger partial charge in [-0.25, -0.2) is 15.0 Å². The minimum Gasteiger partial charge on any atom is -0.463 e. The lowest BCUT2D eigenvalue weighted by molar-refractivity contribution is -0.239. The van der Waals surface area contributed by atoms with Gasteiger partial charge in [-0.2, -0.15) is 13.2 Å². The van der Waals surface area contributed by atoms with Gasteiger partial charge < -0.3 is 29.6 Å². The zero-order valence-corrected chi connectivity index (χ0v) is 23.2. The molecule has 3 aromatic rings. The second kappa shape index (κ2) is 13.0. The topological polar surface area (TPSA) is 190 Å². The number of fused-ring (bicyclic) bond motifs is 1. The van der Waals surface area contributed by atoms with E-state index in [1.807, 2.05) is 0 Å². The third kappa shape index (κ3) is 7.25. The van der Waals surface area contributed by atoms with Crippen molar-refractivity contribution in [2.75, 3.05) is 11.9 Å². The summed E-state index contributed by atoms with van der Waals surface area (Å²) in [5.74, 6) is -5.77. The van der Waals surface area contributed by atoms with Gasteiger partial charge in [0.2, 0.25) is 0 Å². The molecule has 0 unspecified atom stereocenters. The Morgan fingerprint density at radius 2 is 1.59 bits per heavy atom. The number of nitrogens with one attached hydrogen (secondary N) is 2. The van der Waals surface area contributed by atoms with E-state index >= 15 is 0 Å². The number of alkyl halides is 3. The number of hydrogen-bond acceptors (Lipinski definition) is 12. The van der Waals surface area contributed by atoms with Crippen LogP contribution in [0.1, 0.15) is 37.4 Å². The van der Waals surface area contributed by atoms with Gasteiger partial charge in [-0.1, -0.05) is 18.2 Å². The molecule has 5 atom stereocenters. The third-order valence-electron chi connectivity index (χ3n) is 6.18. The number of aromatic nitrogens is 4. The lowest BCUT2D eigenvalue weighted by atomic mass is 9.94. The van der Waals surface area contributed by atoms with Crippen LogP contribution in [0.4, 0.5) is 19.0 Å². The van der Waals surface area contributed by atoms with Crippen molar-refractivity contribution in [2.45, 2.75) is 57.5 Å². The van der Waals surface area contributed by atoms with E-state index in [4.69, 9.17) is 18.9 Å². The Bertz CT molecular complexity index is 1570. The summed E-state index contributed by atoms with van der Waals surface area (Å²) < 4.78 is 62.9. The summed E-state index contributed by atoms with van der Waals surface area (Å²) in [6.45, 7) is 2.40. The highest BCUT2D eigenvalue weighted by molar-refractivity contribution is 6.06. The molecule has 4 rings (SSSR count). The summed E-state index contributed by atoms with van der Waals surface area (Å²) in [6.07, 6.45) is -9.81. The van der Waals surface area contributed by atoms with Crippen LogP contribution < -0.4 is 10.6 Å². The van der Waals surface area contributed by atoms with Crippen molar-refractivity contribution >= 4 is 46.7 Å². The lowest BCUT2D eigenvalue weighted by Crippen LogP contribution is -2.65. The number of carbonyl (C=O) groups is 5. The van der Waals surface area contributed by atoms with E-state index in [1.54, 1.807) is 35.6 Å². The average molecular weight is 623 g/mol. The van der Waals surface area contributed by atoms with Gasteiger partial charge in [-0.15, -0.1) is 0 Å². The molecular weight excluding hydrogens is 597 g/mol. The second-order valence-electron chi connectivity index (χ2n) is 9.38. The number of amides is 2. The summed E-state index contributed by atoms with van der Waals surface area (Å²) in [5.41, 5.74) is 0.181. The van der Waals surface area contributed by atoms with Gasteiger partial charge in [0.25, 0.3) is 5.91 Å². The maximum absolute atomic E-state index is 13.4. The van der Waals surface area contributed by atoms with Gasteiger partial charge in [0, 0.05) is 26.3 Å². The van der Waals surface area contributed by atoms with Gasteiger partial charge >= 0.3 is 30.0 Å². The maximum Gasteiger partial charge on any atom is 0.471 e. The summed E-state index contributed by atoms with van der Waals surface area (Å²) in [7, 11) is 0. The molecule has 0 radical (unpaired) electrons. The van der Waals surface area contributed by atoms with Crippen LogP contribution in [0.5, 0.6) is 0 Å². The summed E-state index contributed by atoms with van der Waals surface area (Å²) in [4.78, 5) is 72.9. The number of carbonyl (C=O) groups excluding carboxylic acids is 5. The average Bonchev–Trinajstić information content (AvgIpc) is 3.38. The van der Waals surface area contributed by atoms with E-state index in [9.17, 15) is 37.1 Å². The number of anilines is 1. The quantitative estimate of drug-likeness (QED) is 0.272. The minimum absolute atomic E-state index is 0.0241. The molecule has 234 valence electrons. The normalized spacial score (nSPS) is 21.6. The van der Waals surface area contributed by atoms with Crippen molar-refractivity contribution < 1.29 is 56.1 Å². The fourth-order valence-corrected chi connectivity index (χ4v) is 4.44. The first-order valence-electron chi connectivity index (χ1n) is 12.8. The highest BCUT2D eigenvalue weighted by Crippen LogP contribution is 2.35. The fraction of sp³-hybridized carbons (Fsp3) is 0.385. The number of imidazole rings is 1. The Morgan fingerprint density at radius 3 is 2.20 bits per heavy atom. The van der Waals surface area contributed by atoms with E-state index in [2.05, 4.69) is 20.3 Å². The van der Waals surface area contributed by atoms with Crippen molar-refractivity contribution in [3.63, 3.8) is 0 Å². The van der Waals surface area contributed by atoms with E-state index < -0.39 is 73.1 Å². The molecule has 0 aliphatic carbocycles. The Kier molecular flexibility index (Phi) is 9.41. The molecular formula is C26H25F3N6O9. The van der Waals surface area contributed by atoms with Gasteiger partial charge in [0.15, 0.2) is 35.4 Å². The number of rotatable bonds is 8. The van der Waals surface area contributed by atoms with Crippen LogP contribution in [0.3, 0.4) is 0 Å². The van der Waals surface area contributed by atoms with Gasteiger partial charge in [0.05, 0.1) is 6.33 Å². The van der Waals surface area contributed by atoms with Crippen LogP contribution in [-0.2, 0) is 38.1 Å². The molecule has 0 saturated carbocycles. The molecule has 2 amide bonds. The predicted octanol–water partition coefficient (Wildman–Crippen LogP) is 1.45. The molecule has 1 fully saturated rings. The molecule has 1 aromatic carbocycles. The van der Waals surface area contributed by atoms with Crippen LogP contribution in [0.2, 0.25) is 0 Å². The van der Waals surface area contributed by atoms with Crippen molar-refractivity contribution in [1.29, 1.82) is 0 Å². The Balaban J connectivity index is 1.82. The highest BCUT2D eigenvalue weighted by Gasteiger charge is 2.54. The Labute approximate surface area is 246 Å². The fourth-order valence-electron chi connectivity index (χ4n) is 4.44. The van der Waals surface area contributed by atoms with Crippen LogP contribution in [0, 0.1) is 0 Å². The van der Waals surface area contributed by atoms with Crippen molar-refractivity contribution in [2.24, 2.45) is 0 Å². The Morgan fingerprint density at radius 1 is 0.932 bits per heavy atom. The molecule has 2 N–H and O–H groups in total. The summed E-state index contributed by atoms with van der Waals surface area (Å²) in [5, 5.41) is 4.32. The highest BCUT2D eigenvalue weighted by atomic mass is 19.4. The molecule has 0 spiro atoms. The van der Waals surface area contributed by atoms with E-state index in [0.717, 1.165) is 38.0 Å². The Hall–Kier alpha value is -5.13. The number of nitrogens with zero attached hydrogens (tertiary/aromatic N) is 4. The number of benzene rings is 1.